The van der Waals surface area contributed by atoms with Gasteiger partial charge in [-0.05, 0) is 24.3 Å². The first-order valence-electron chi connectivity index (χ1n) is 6.95. The van der Waals surface area contributed by atoms with Crippen LogP contribution in [0.1, 0.15) is 10.4 Å². The average Bonchev–Trinajstić information content (AvgIpc) is 3.02. The molecular weight excluding hydrogens is 328 g/mol. The van der Waals surface area contributed by atoms with Crippen molar-refractivity contribution in [1.82, 2.24) is 4.98 Å². The molecule has 0 aliphatic heterocycles. The molecule has 1 aromatic heterocycles. The number of para-hydroxylation sites is 1. The van der Waals surface area contributed by atoms with Gasteiger partial charge in [-0.25, -0.2) is 4.98 Å². The van der Waals surface area contributed by atoms with Crippen LogP contribution in [-0.2, 0) is 4.74 Å². The molecule has 116 valence electrons. The van der Waals surface area contributed by atoms with E-state index in [1.165, 1.54) is 18.9 Å². The van der Waals surface area contributed by atoms with Gasteiger partial charge in [0, 0.05) is 5.56 Å². The average molecular weight is 342 g/mol. The molecule has 0 bridgehead atoms. The monoisotopic (exact) mass is 342 g/mol. The van der Waals surface area contributed by atoms with Crippen molar-refractivity contribution in [3.8, 4) is 0 Å². The Kier molecular flexibility index (Phi) is 5.05. The van der Waals surface area contributed by atoms with E-state index in [-0.39, 0.29) is 5.91 Å². The van der Waals surface area contributed by atoms with Gasteiger partial charge in [-0.15, -0.1) is 11.3 Å². The zero-order chi connectivity index (χ0) is 16.1. The number of thioether (sulfide) groups is 1. The molecule has 2 aromatic carbocycles. The molecule has 1 heterocycles. The van der Waals surface area contributed by atoms with E-state index in [1.54, 1.807) is 23.5 Å². The molecule has 23 heavy (non-hydrogen) atoms. The summed E-state index contributed by atoms with van der Waals surface area (Å²) in [5, 5.41) is 0. The number of carbonyl (C=O) groups is 1. The van der Waals surface area contributed by atoms with Gasteiger partial charge < -0.3 is 4.74 Å². The number of amides is 1. The zero-order valence-electron chi connectivity index (χ0n) is 12.4. The highest BCUT2D eigenvalue weighted by molar-refractivity contribution is 8.01. The molecule has 0 spiro atoms. The van der Waals surface area contributed by atoms with Crippen molar-refractivity contribution in [3.05, 3.63) is 60.2 Å². The van der Waals surface area contributed by atoms with Crippen LogP contribution < -0.4 is 0 Å². The van der Waals surface area contributed by atoms with Gasteiger partial charge in [0.25, 0.3) is 5.91 Å². The third-order valence-electron chi connectivity index (χ3n) is 3.08. The predicted octanol–water partition coefficient (Wildman–Crippen LogP) is 4.27. The van der Waals surface area contributed by atoms with Crippen molar-refractivity contribution in [2.75, 3.05) is 12.9 Å². The molecule has 0 saturated carbocycles. The number of hydrogen-bond acceptors (Lipinski definition) is 5. The number of methoxy groups -OCH3 is 1. The van der Waals surface area contributed by atoms with Crippen molar-refractivity contribution >= 4 is 45.1 Å². The van der Waals surface area contributed by atoms with E-state index in [0.29, 0.717) is 17.2 Å². The van der Waals surface area contributed by atoms with Gasteiger partial charge in [-0.2, -0.15) is 4.99 Å². The standard InChI is InChI=1S/C17H14N2O2S2/c1-21-15(19-16(20)12-7-3-2-4-8-12)11-22-17-18-13-9-5-6-10-14(13)23-17/h2-10H,11H2,1H3. The number of hydrogen-bond donors (Lipinski definition) is 0. The zero-order valence-corrected chi connectivity index (χ0v) is 14.1. The first kappa shape index (κ1) is 15.7. The quantitative estimate of drug-likeness (QED) is 0.403. The molecule has 4 nitrogen and oxygen atoms in total. The molecule has 0 aliphatic carbocycles. The Labute approximate surface area is 142 Å². The van der Waals surface area contributed by atoms with Crippen molar-refractivity contribution in [3.63, 3.8) is 0 Å². The molecule has 0 radical (unpaired) electrons. The summed E-state index contributed by atoms with van der Waals surface area (Å²) >= 11 is 3.14. The van der Waals surface area contributed by atoms with Crippen LogP contribution in [0.2, 0.25) is 0 Å². The van der Waals surface area contributed by atoms with Crippen LogP contribution in [0.15, 0.2) is 63.9 Å². The van der Waals surface area contributed by atoms with Gasteiger partial charge in [-0.1, -0.05) is 42.1 Å². The van der Waals surface area contributed by atoms with E-state index in [4.69, 9.17) is 4.74 Å². The number of rotatable bonds is 4. The second kappa shape index (κ2) is 7.39. The SMILES string of the molecule is COC(CSc1nc2ccccc2s1)=NC(=O)c1ccccc1. The molecule has 3 rings (SSSR count). The predicted molar refractivity (Wildman–Crippen MR) is 95.6 cm³/mol. The molecular formula is C17H14N2O2S2. The number of carbonyl (C=O) groups excluding carboxylic acids is 1. The largest absolute Gasteiger partial charge is 0.483 e. The Morgan fingerprint density at radius 2 is 1.91 bits per heavy atom. The summed E-state index contributed by atoms with van der Waals surface area (Å²) in [4.78, 5) is 20.7. The van der Waals surface area contributed by atoms with E-state index in [1.807, 2.05) is 42.5 Å². The van der Waals surface area contributed by atoms with Crippen molar-refractivity contribution < 1.29 is 9.53 Å². The number of aromatic nitrogens is 1. The Morgan fingerprint density at radius 1 is 1.17 bits per heavy atom. The van der Waals surface area contributed by atoms with Crippen LogP contribution in [0.4, 0.5) is 0 Å². The molecule has 3 aromatic rings. The van der Waals surface area contributed by atoms with Crippen LogP contribution in [0, 0.1) is 0 Å². The van der Waals surface area contributed by atoms with E-state index in [0.717, 1.165) is 14.6 Å². The van der Waals surface area contributed by atoms with Gasteiger partial charge in [-0.3, -0.25) is 4.79 Å². The summed E-state index contributed by atoms with van der Waals surface area (Å²) in [5.41, 5.74) is 1.53. The van der Waals surface area contributed by atoms with E-state index < -0.39 is 0 Å². The number of ether oxygens (including phenoxy) is 1. The molecule has 0 atom stereocenters. The van der Waals surface area contributed by atoms with E-state index in [2.05, 4.69) is 9.98 Å². The summed E-state index contributed by atoms with van der Waals surface area (Å²) < 4.78 is 7.30. The van der Waals surface area contributed by atoms with Crippen molar-refractivity contribution in [2.45, 2.75) is 4.34 Å². The van der Waals surface area contributed by atoms with E-state index in [9.17, 15) is 4.79 Å². The van der Waals surface area contributed by atoms with Crippen molar-refractivity contribution in [1.29, 1.82) is 0 Å². The highest BCUT2D eigenvalue weighted by Crippen LogP contribution is 2.29. The maximum Gasteiger partial charge on any atom is 0.280 e. The van der Waals surface area contributed by atoms with Crippen LogP contribution in [-0.4, -0.2) is 29.7 Å². The fourth-order valence-electron chi connectivity index (χ4n) is 1.93. The minimum atomic E-state index is -0.299. The number of nitrogens with zero attached hydrogens (tertiary/aromatic N) is 2. The lowest BCUT2D eigenvalue weighted by Crippen LogP contribution is -2.09. The second-order valence-electron chi connectivity index (χ2n) is 4.62. The Bertz CT molecular complexity index is 811. The first-order chi connectivity index (χ1) is 11.3. The molecule has 0 N–H and O–H groups in total. The minimum Gasteiger partial charge on any atom is -0.483 e. The highest BCUT2D eigenvalue weighted by atomic mass is 32.2. The second-order valence-corrected chi connectivity index (χ2v) is 6.87. The van der Waals surface area contributed by atoms with Crippen LogP contribution >= 0.6 is 23.1 Å². The van der Waals surface area contributed by atoms with Crippen LogP contribution in [0.3, 0.4) is 0 Å². The summed E-state index contributed by atoms with van der Waals surface area (Å²) in [5.74, 6) is 0.560. The molecule has 0 fully saturated rings. The fourth-order valence-corrected chi connectivity index (χ4v) is 3.90. The lowest BCUT2D eigenvalue weighted by Gasteiger charge is -2.03. The third-order valence-corrected chi connectivity index (χ3v) is 5.24. The topological polar surface area (TPSA) is 51.6 Å². The number of fused-ring (bicyclic) bond motifs is 1. The first-order valence-corrected chi connectivity index (χ1v) is 8.76. The van der Waals surface area contributed by atoms with Gasteiger partial charge in [0.2, 0.25) is 5.90 Å². The smallest absolute Gasteiger partial charge is 0.280 e. The van der Waals surface area contributed by atoms with Crippen LogP contribution in [0.5, 0.6) is 0 Å². The lowest BCUT2D eigenvalue weighted by atomic mass is 10.2. The normalized spacial score (nSPS) is 11.6. The number of benzene rings is 2. The summed E-state index contributed by atoms with van der Waals surface area (Å²) in [7, 11) is 1.52. The Hall–Kier alpha value is -2.18. The molecule has 0 unspecified atom stereocenters. The Morgan fingerprint density at radius 3 is 2.65 bits per heavy atom. The maximum atomic E-state index is 12.1. The maximum absolute atomic E-state index is 12.1. The minimum absolute atomic E-state index is 0.299. The molecule has 6 heteroatoms. The van der Waals surface area contributed by atoms with Gasteiger partial charge >= 0.3 is 0 Å². The van der Waals surface area contributed by atoms with E-state index >= 15 is 0 Å². The Balaban J connectivity index is 1.69. The highest BCUT2D eigenvalue weighted by Gasteiger charge is 2.09. The molecule has 1 amide bonds. The number of thiazole rings is 1. The van der Waals surface area contributed by atoms with Gasteiger partial charge in [0.1, 0.15) is 0 Å². The molecule has 0 aliphatic rings. The van der Waals surface area contributed by atoms with Crippen LogP contribution in [0.25, 0.3) is 10.2 Å². The lowest BCUT2D eigenvalue weighted by molar-refractivity contribution is 0.1000. The summed E-state index contributed by atoms with van der Waals surface area (Å²) in [6, 6.07) is 16.9. The molecule has 0 saturated heterocycles. The van der Waals surface area contributed by atoms with Crippen molar-refractivity contribution in [2.24, 2.45) is 4.99 Å². The third kappa shape index (κ3) is 3.97. The van der Waals surface area contributed by atoms with Gasteiger partial charge in [0.05, 0.1) is 23.1 Å². The number of aliphatic imine (C=N–C) groups is 1. The summed E-state index contributed by atoms with van der Waals surface area (Å²) in [6.07, 6.45) is 0. The fraction of sp³-hybridized carbons (Fsp3) is 0.118. The van der Waals surface area contributed by atoms with Gasteiger partial charge in [0.15, 0.2) is 4.34 Å². The summed E-state index contributed by atoms with van der Waals surface area (Å²) in [6.45, 7) is 0.